The van der Waals surface area contributed by atoms with Gasteiger partial charge in [-0.3, -0.25) is 14.5 Å². The fraction of sp³-hybridized carbons (Fsp3) is 0.115. The fourth-order valence-corrected chi connectivity index (χ4v) is 4.49. The molecule has 0 spiro atoms. The first-order valence-electron chi connectivity index (χ1n) is 10.4. The molecule has 5 nitrogen and oxygen atoms in total. The molecule has 4 rings (SSSR count). The maximum atomic E-state index is 12.9. The summed E-state index contributed by atoms with van der Waals surface area (Å²) in [5, 5.41) is 2.80. The van der Waals surface area contributed by atoms with Crippen LogP contribution < -0.4 is 10.1 Å². The normalized spacial score (nSPS) is 14.6. The van der Waals surface area contributed by atoms with Gasteiger partial charge in [-0.1, -0.05) is 84.1 Å². The molecule has 33 heavy (non-hydrogen) atoms. The van der Waals surface area contributed by atoms with E-state index in [1.165, 1.54) is 11.8 Å². The number of aryl methyl sites for hydroxylation is 1. The van der Waals surface area contributed by atoms with E-state index in [1.54, 1.807) is 23.1 Å². The highest BCUT2D eigenvalue weighted by molar-refractivity contribution is 8.26. The zero-order chi connectivity index (χ0) is 23.2. The molecule has 0 radical (unpaired) electrons. The molecule has 1 heterocycles. The Morgan fingerprint density at radius 2 is 1.82 bits per heavy atom. The Kier molecular flexibility index (Phi) is 7.22. The highest BCUT2D eigenvalue weighted by atomic mass is 32.2. The highest BCUT2D eigenvalue weighted by Gasteiger charge is 2.31. The number of carbonyl (C=O) groups is 2. The molecule has 2 amide bonds. The first-order valence-corrected chi connectivity index (χ1v) is 11.6. The molecule has 7 heteroatoms. The van der Waals surface area contributed by atoms with Gasteiger partial charge in [0.05, 0.1) is 11.4 Å². The number of rotatable bonds is 7. The monoisotopic (exact) mass is 474 g/mol. The molecule has 0 atom stereocenters. The van der Waals surface area contributed by atoms with Crippen molar-refractivity contribution in [2.75, 3.05) is 11.9 Å². The quantitative estimate of drug-likeness (QED) is 0.366. The van der Waals surface area contributed by atoms with Crippen molar-refractivity contribution in [2.45, 2.75) is 13.5 Å². The molecule has 0 aliphatic carbocycles. The smallest absolute Gasteiger partial charge is 0.266 e. The van der Waals surface area contributed by atoms with Gasteiger partial charge in [-0.05, 0) is 48.4 Å². The number of amides is 2. The summed E-state index contributed by atoms with van der Waals surface area (Å²) >= 11 is 6.71. The predicted molar refractivity (Wildman–Crippen MR) is 137 cm³/mol. The van der Waals surface area contributed by atoms with Crippen LogP contribution in [0, 0.1) is 6.92 Å². The topological polar surface area (TPSA) is 58.6 Å². The number of ether oxygens (including phenoxy) is 1. The second-order valence-corrected chi connectivity index (χ2v) is 9.20. The number of thiocarbonyl (C=S) groups is 1. The summed E-state index contributed by atoms with van der Waals surface area (Å²) in [5.41, 5.74) is 3.67. The number of nitrogens with one attached hydrogen (secondary N) is 1. The molecular formula is C26H22N2O3S2. The van der Waals surface area contributed by atoms with Gasteiger partial charge < -0.3 is 10.1 Å². The van der Waals surface area contributed by atoms with Gasteiger partial charge in [-0.15, -0.1) is 0 Å². The summed E-state index contributed by atoms with van der Waals surface area (Å²) in [6.45, 7) is 2.32. The van der Waals surface area contributed by atoms with Crippen molar-refractivity contribution in [2.24, 2.45) is 0 Å². The molecule has 1 aliphatic heterocycles. The average molecular weight is 475 g/mol. The first kappa shape index (κ1) is 22.8. The first-order chi connectivity index (χ1) is 16.0. The molecule has 3 aromatic rings. The van der Waals surface area contributed by atoms with Crippen LogP contribution in [0.3, 0.4) is 0 Å². The van der Waals surface area contributed by atoms with Crippen molar-refractivity contribution in [3.63, 3.8) is 0 Å². The van der Waals surface area contributed by atoms with E-state index in [0.717, 1.165) is 22.4 Å². The van der Waals surface area contributed by atoms with Gasteiger partial charge >= 0.3 is 0 Å². The molecular weight excluding hydrogens is 452 g/mol. The maximum absolute atomic E-state index is 12.9. The molecule has 3 aromatic carbocycles. The minimum atomic E-state index is -0.244. The highest BCUT2D eigenvalue weighted by Crippen LogP contribution is 2.34. The van der Waals surface area contributed by atoms with E-state index in [1.807, 2.05) is 73.7 Å². The van der Waals surface area contributed by atoms with Gasteiger partial charge in [-0.25, -0.2) is 0 Å². The van der Waals surface area contributed by atoms with Crippen molar-refractivity contribution in [3.05, 3.63) is 100 Å². The Bertz CT molecular complexity index is 1210. The Labute approximate surface area is 202 Å². The van der Waals surface area contributed by atoms with Crippen molar-refractivity contribution in [1.29, 1.82) is 0 Å². The summed E-state index contributed by atoms with van der Waals surface area (Å²) in [6.07, 6.45) is 1.80. The lowest BCUT2D eigenvalue weighted by Crippen LogP contribution is -2.27. The van der Waals surface area contributed by atoms with E-state index in [9.17, 15) is 9.59 Å². The standard InChI is InChI=1S/C26H22N2O3S2/c1-18-10-12-21(13-11-18)27-24(29)17-31-22-9-5-8-20(14-22)15-23-25(30)28(26(32)33-23)16-19-6-3-2-4-7-19/h2-15H,16-17H2,1H3,(H,27,29)/b23-15-. The molecule has 0 aromatic heterocycles. The Morgan fingerprint density at radius 1 is 1.06 bits per heavy atom. The van der Waals surface area contributed by atoms with Gasteiger partial charge in [-0.2, -0.15) is 0 Å². The van der Waals surface area contributed by atoms with Crippen molar-refractivity contribution in [1.82, 2.24) is 4.90 Å². The molecule has 1 aliphatic rings. The molecule has 0 bridgehead atoms. The van der Waals surface area contributed by atoms with Crippen molar-refractivity contribution in [3.8, 4) is 5.75 Å². The molecule has 166 valence electrons. The van der Waals surface area contributed by atoms with Crippen molar-refractivity contribution >= 4 is 51.9 Å². The Hall–Kier alpha value is -3.42. The number of anilines is 1. The number of carbonyl (C=O) groups excluding carboxylic acids is 2. The van der Waals surface area contributed by atoms with Gasteiger partial charge in [0.2, 0.25) is 0 Å². The van der Waals surface area contributed by atoms with E-state index in [2.05, 4.69) is 5.32 Å². The summed E-state index contributed by atoms with van der Waals surface area (Å²) in [4.78, 5) is 27.2. The lowest BCUT2D eigenvalue weighted by atomic mass is 10.2. The van der Waals surface area contributed by atoms with Gasteiger partial charge in [0.15, 0.2) is 6.61 Å². The number of nitrogens with zero attached hydrogens (tertiary/aromatic N) is 1. The van der Waals surface area contributed by atoms with Crippen LogP contribution >= 0.6 is 24.0 Å². The zero-order valence-electron chi connectivity index (χ0n) is 18.0. The van der Waals surface area contributed by atoms with Crippen LogP contribution in [0.2, 0.25) is 0 Å². The summed E-state index contributed by atoms with van der Waals surface area (Å²) in [7, 11) is 0. The molecule has 1 N–H and O–H groups in total. The van der Waals surface area contributed by atoms with Crippen LogP contribution in [0.1, 0.15) is 16.7 Å². The SMILES string of the molecule is Cc1ccc(NC(=O)COc2cccc(/C=C3\SC(=S)N(Cc4ccccc4)C3=O)c2)cc1. The van der Waals surface area contributed by atoms with E-state index < -0.39 is 0 Å². The number of hydrogen-bond donors (Lipinski definition) is 1. The van der Waals surface area contributed by atoms with Crippen molar-refractivity contribution < 1.29 is 14.3 Å². The van der Waals surface area contributed by atoms with E-state index in [-0.39, 0.29) is 18.4 Å². The van der Waals surface area contributed by atoms with Crippen LogP contribution in [0.5, 0.6) is 5.75 Å². The van der Waals surface area contributed by atoms with Gasteiger partial charge in [0, 0.05) is 5.69 Å². The Balaban J connectivity index is 1.38. The third-order valence-electron chi connectivity index (χ3n) is 4.92. The van der Waals surface area contributed by atoms with Crippen LogP contribution in [0.15, 0.2) is 83.8 Å². The minimum Gasteiger partial charge on any atom is -0.484 e. The van der Waals surface area contributed by atoms with Gasteiger partial charge in [0.1, 0.15) is 10.1 Å². The van der Waals surface area contributed by atoms with Crippen LogP contribution in [-0.2, 0) is 16.1 Å². The summed E-state index contributed by atoms with van der Waals surface area (Å²) < 4.78 is 6.19. The second-order valence-electron chi connectivity index (χ2n) is 7.53. The van der Waals surface area contributed by atoms with E-state index in [0.29, 0.717) is 21.5 Å². The summed E-state index contributed by atoms with van der Waals surface area (Å²) in [5.74, 6) is 0.186. The average Bonchev–Trinajstić information content (AvgIpc) is 3.07. The molecule has 0 unspecified atom stereocenters. The van der Waals surface area contributed by atoms with Crippen LogP contribution in [0.25, 0.3) is 6.08 Å². The Morgan fingerprint density at radius 3 is 2.58 bits per heavy atom. The molecule has 1 fully saturated rings. The molecule has 1 saturated heterocycles. The van der Waals surface area contributed by atoms with Crippen LogP contribution in [-0.4, -0.2) is 27.6 Å². The van der Waals surface area contributed by atoms with E-state index in [4.69, 9.17) is 17.0 Å². The number of hydrogen-bond acceptors (Lipinski definition) is 5. The second kappa shape index (κ2) is 10.5. The third-order valence-corrected chi connectivity index (χ3v) is 6.30. The summed E-state index contributed by atoms with van der Waals surface area (Å²) in [6, 6.07) is 24.6. The fourth-order valence-electron chi connectivity index (χ4n) is 3.23. The maximum Gasteiger partial charge on any atom is 0.266 e. The third kappa shape index (κ3) is 6.09. The van der Waals surface area contributed by atoms with Crippen LogP contribution in [0.4, 0.5) is 5.69 Å². The minimum absolute atomic E-state index is 0.113. The lowest BCUT2D eigenvalue weighted by Gasteiger charge is -2.14. The zero-order valence-corrected chi connectivity index (χ0v) is 19.6. The van der Waals surface area contributed by atoms with Gasteiger partial charge in [0.25, 0.3) is 11.8 Å². The lowest BCUT2D eigenvalue weighted by molar-refractivity contribution is -0.122. The predicted octanol–water partition coefficient (Wildman–Crippen LogP) is 5.41. The molecule has 0 saturated carbocycles. The van der Waals surface area contributed by atoms with E-state index >= 15 is 0 Å². The number of benzene rings is 3. The largest absolute Gasteiger partial charge is 0.484 e. The number of thioether (sulfide) groups is 1.